The molecule has 0 amide bonds. The van der Waals surface area contributed by atoms with E-state index in [1.54, 1.807) is 19.5 Å². The number of likely N-dealkylation sites (tertiary alicyclic amines) is 1. The lowest BCUT2D eigenvalue weighted by Gasteiger charge is -2.15. The number of nitrogens with zero attached hydrogens (tertiary/aromatic N) is 4. The van der Waals surface area contributed by atoms with E-state index in [2.05, 4.69) is 30.4 Å². The molecule has 1 aliphatic heterocycles. The van der Waals surface area contributed by atoms with Crippen molar-refractivity contribution in [2.24, 2.45) is 0 Å². The number of anilines is 2. The molecule has 0 radical (unpaired) electrons. The van der Waals surface area contributed by atoms with Crippen molar-refractivity contribution in [1.82, 2.24) is 25.1 Å². The van der Waals surface area contributed by atoms with Gasteiger partial charge in [0.1, 0.15) is 17.2 Å². The molecule has 0 saturated carbocycles. The number of hydrogen-bond donors (Lipinski definition) is 2. The van der Waals surface area contributed by atoms with Crippen LogP contribution >= 0.6 is 0 Å². The van der Waals surface area contributed by atoms with E-state index in [1.165, 1.54) is 25.9 Å². The molecule has 3 aromatic rings. The lowest BCUT2D eigenvalue weighted by Crippen LogP contribution is -2.21. The minimum atomic E-state index is 0.645. The number of fused-ring (bicyclic) bond motifs is 1. The molecule has 142 valence electrons. The summed E-state index contributed by atoms with van der Waals surface area (Å²) in [5, 5.41) is 10.0. The fraction of sp³-hybridized carbons (Fsp3) is 0.421. The Morgan fingerprint density at radius 1 is 1.15 bits per heavy atom. The van der Waals surface area contributed by atoms with Crippen LogP contribution in [0.2, 0.25) is 0 Å². The maximum absolute atomic E-state index is 5.87. The van der Waals surface area contributed by atoms with Gasteiger partial charge in [-0.1, -0.05) is 0 Å². The number of methoxy groups -OCH3 is 1. The molecule has 1 saturated heterocycles. The second kappa shape index (κ2) is 8.22. The SMILES string of the molecule is COc1cc(Nc2ccc3[nH]ncc3n2)ncc1OCCCN1CCCC1. The third-order valence-corrected chi connectivity index (χ3v) is 4.68. The monoisotopic (exact) mass is 368 g/mol. The van der Waals surface area contributed by atoms with Crippen molar-refractivity contribution in [1.29, 1.82) is 0 Å². The van der Waals surface area contributed by atoms with Crippen LogP contribution < -0.4 is 14.8 Å². The van der Waals surface area contributed by atoms with Crippen molar-refractivity contribution in [3.05, 3.63) is 30.6 Å². The van der Waals surface area contributed by atoms with Crippen molar-refractivity contribution in [3.8, 4) is 11.5 Å². The third-order valence-electron chi connectivity index (χ3n) is 4.68. The van der Waals surface area contributed by atoms with E-state index < -0.39 is 0 Å². The maximum Gasteiger partial charge on any atom is 0.179 e. The van der Waals surface area contributed by atoms with Gasteiger partial charge in [0, 0.05) is 12.6 Å². The van der Waals surface area contributed by atoms with Crippen molar-refractivity contribution < 1.29 is 9.47 Å². The molecule has 0 unspecified atom stereocenters. The molecule has 0 aliphatic carbocycles. The zero-order valence-corrected chi connectivity index (χ0v) is 15.4. The molecule has 0 bridgehead atoms. The first-order chi connectivity index (χ1) is 13.3. The average molecular weight is 368 g/mol. The maximum atomic E-state index is 5.87. The van der Waals surface area contributed by atoms with Gasteiger partial charge in [-0.3, -0.25) is 5.10 Å². The van der Waals surface area contributed by atoms with Gasteiger partial charge in [-0.2, -0.15) is 5.10 Å². The summed E-state index contributed by atoms with van der Waals surface area (Å²) in [5.74, 6) is 2.64. The smallest absolute Gasteiger partial charge is 0.179 e. The fourth-order valence-electron chi connectivity index (χ4n) is 3.27. The highest BCUT2D eigenvalue weighted by Crippen LogP contribution is 2.29. The predicted octanol–water partition coefficient (Wildman–Crippen LogP) is 2.97. The Kier molecular flexibility index (Phi) is 5.34. The largest absolute Gasteiger partial charge is 0.493 e. The zero-order chi connectivity index (χ0) is 18.5. The first kappa shape index (κ1) is 17.5. The summed E-state index contributed by atoms with van der Waals surface area (Å²) in [5.41, 5.74) is 1.69. The van der Waals surface area contributed by atoms with Crippen LogP contribution in [-0.2, 0) is 0 Å². The normalized spacial score (nSPS) is 14.6. The fourth-order valence-corrected chi connectivity index (χ4v) is 3.27. The Morgan fingerprint density at radius 3 is 2.89 bits per heavy atom. The van der Waals surface area contributed by atoms with Gasteiger partial charge in [0.25, 0.3) is 0 Å². The second-order valence-electron chi connectivity index (χ2n) is 6.60. The van der Waals surface area contributed by atoms with E-state index in [1.807, 2.05) is 18.2 Å². The van der Waals surface area contributed by atoms with Gasteiger partial charge in [0.05, 0.1) is 31.6 Å². The molecule has 8 nitrogen and oxygen atoms in total. The van der Waals surface area contributed by atoms with Crippen LogP contribution in [0.25, 0.3) is 11.0 Å². The molecule has 1 fully saturated rings. The number of H-pyrrole nitrogens is 1. The van der Waals surface area contributed by atoms with E-state index in [0.717, 1.165) is 24.0 Å². The molecule has 0 spiro atoms. The number of ether oxygens (including phenoxy) is 2. The highest BCUT2D eigenvalue weighted by molar-refractivity contribution is 5.76. The first-order valence-corrected chi connectivity index (χ1v) is 9.28. The van der Waals surface area contributed by atoms with Crippen LogP contribution in [0, 0.1) is 0 Å². The Bertz CT molecular complexity index is 891. The van der Waals surface area contributed by atoms with Crippen LogP contribution in [0.1, 0.15) is 19.3 Å². The summed E-state index contributed by atoms with van der Waals surface area (Å²) in [7, 11) is 1.63. The minimum Gasteiger partial charge on any atom is -0.493 e. The summed E-state index contributed by atoms with van der Waals surface area (Å²) in [6, 6.07) is 5.61. The molecule has 2 N–H and O–H groups in total. The molecule has 4 rings (SSSR count). The molecular weight excluding hydrogens is 344 g/mol. The van der Waals surface area contributed by atoms with E-state index in [9.17, 15) is 0 Å². The van der Waals surface area contributed by atoms with Gasteiger partial charge in [-0.25, -0.2) is 9.97 Å². The predicted molar refractivity (Wildman–Crippen MR) is 104 cm³/mol. The summed E-state index contributed by atoms with van der Waals surface area (Å²) in [6.07, 6.45) is 7.00. The lowest BCUT2D eigenvalue weighted by atomic mass is 10.3. The topological polar surface area (TPSA) is 88.2 Å². The molecule has 8 heteroatoms. The average Bonchev–Trinajstić information content (AvgIpc) is 3.37. The standard InChI is InChI=1S/C19H24N6O2/c1-26-16-11-19(23-18-6-5-14-15(22-18)12-21-24-14)20-13-17(16)27-10-4-9-25-7-2-3-8-25/h5-6,11-13H,2-4,7-10H2,1H3,(H,21,24)(H,20,22,23). The molecule has 3 aromatic heterocycles. The van der Waals surface area contributed by atoms with Gasteiger partial charge in [0.15, 0.2) is 11.5 Å². The second-order valence-corrected chi connectivity index (χ2v) is 6.60. The molecule has 0 atom stereocenters. The molecule has 1 aliphatic rings. The highest BCUT2D eigenvalue weighted by Gasteiger charge is 2.12. The Morgan fingerprint density at radius 2 is 2.04 bits per heavy atom. The Hall–Kier alpha value is -2.87. The van der Waals surface area contributed by atoms with Gasteiger partial charge >= 0.3 is 0 Å². The molecule has 4 heterocycles. The van der Waals surface area contributed by atoms with Crippen LogP contribution in [0.4, 0.5) is 11.6 Å². The third kappa shape index (κ3) is 4.28. The van der Waals surface area contributed by atoms with Crippen LogP contribution in [-0.4, -0.2) is 58.4 Å². The van der Waals surface area contributed by atoms with E-state index in [4.69, 9.17) is 9.47 Å². The Labute approximate surface area is 157 Å². The Balaban J connectivity index is 1.36. The van der Waals surface area contributed by atoms with Crippen molar-refractivity contribution >= 4 is 22.7 Å². The summed E-state index contributed by atoms with van der Waals surface area (Å²) in [6.45, 7) is 4.16. The summed E-state index contributed by atoms with van der Waals surface area (Å²) in [4.78, 5) is 11.4. The molecule has 0 aromatic carbocycles. The van der Waals surface area contributed by atoms with E-state index in [-0.39, 0.29) is 0 Å². The lowest BCUT2D eigenvalue weighted by molar-refractivity contribution is 0.253. The number of hydrogen-bond acceptors (Lipinski definition) is 7. The molecular formula is C19H24N6O2. The van der Waals surface area contributed by atoms with Crippen LogP contribution in [0.5, 0.6) is 11.5 Å². The zero-order valence-electron chi connectivity index (χ0n) is 15.4. The number of rotatable bonds is 8. The quantitative estimate of drug-likeness (QED) is 0.591. The number of pyridine rings is 2. The van der Waals surface area contributed by atoms with Crippen LogP contribution in [0.3, 0.4) is 0 Å². The summed E-state index contributed by atoms with van der Waals surface area (Å²) >= 11 is 0. The number of aromatic nitrogens is 4. The van der Waals surface area contributed by atoms with Gasteiger partial charge in [-0.15, -0.1) is 0 Å². The van der Waals surface area contributed by atoms with Crippen molar-refractivity contribution in [3.63, 3.8) is 0 Å². The minimum absolute atomic E-state index is 0.645. The highest BCUT2D eigenvalue weighted by atomic mass is 16.5. The van der Waals surface area contributed by atoms with E-state index >= 15 is 0 Å². The van der Waals surface area contributed by atoms with Gasteiger partial charge < -0.3 is 19.7 Å². The van der Waals surface area contributed by atoms with Crippen molar-refractivity contribution in [2.75, 3.05) is 38.7 Å². The van der Waals surface area contributed by atoms with Crippen molar-refractivity contribution in [2.45, 2.75) is 19.3 Å². The first-order valence-electron chi connectivity index (χ1n) is 9.28. The van der Waals surface area contributed by atoms with Crippen LogP contribution in [0.15, 0.2) is 30.6 Å². The van der Waals surface area contributed by atoms with E-state index in [0.29, 0.717) is 29.7 Å². The van der Waals surface area contributed by atoms with Gasteiger partial charge in [-0.05, 0) is 44.5 Å². The van der Waals surface area contributed by atoms with Gasteiger partial charge in [0.2, 0.25) is 0 Å². The number of aromatic amines is 1. The molecule has 27 heavy (non-hydrogen) atoms. The summed E-state index contributed by atoms with van der Waals surface area (Å²) < 4.78 is 11.3. The number of nitrogens with one attached hydrogen (secondary N) is 2.